The fourth-order valence-corrected chi connectivity index (χ4v) is 4.29. The first-order valence-electron chi connectivity index (χ1n) is 6.93. The molecule has 0 N–H and O–H groups in total. The number of rotatable bonds is 3. The molecule has 0 fully saturated rings. The predicted molar refractivity (Wildman–Crippen MR) is 84.3 cm³/mol. The number of benzene rings is 1. The lowest BCUT2D eigenvalue weighted by Crippen LogP contribution is -2.14. The second-order valence-electron chi connectivity index (χ2n) is 5.85. The molecule has 0 saturated carbocycles. The van der Waals surface area contributed by atoms with E-state index in [4.69, 9.17) is 0 Å². The lowest BCUT2D eigenvalue weighted by Gasteiger charge is -2.19. The van der Waals surface area contributed by atoms with E-state index in [0.717, 1.165) is 16.4 Å². The van der Waals surface area contributed by atoms with Crippen molar-refractivity contribution in [3.05, 3.63) is 35.3 Å². The van der Waals surface area contributed by atoms with Gasteiger partial charge in [-0.2, -0.15) is 0 Å². The summed E-state index contributed by atoms with van der Waals surface area (Å²) in [7, 11) is -2.51. The molecule has 20 heavy (non-hydrogen) atoms. The Bertz CT molecular complexity index is 703. The maximum absolute atomic E-state index is 14.1. The molecule has 0 atom stereocenters. The molecule has 2 aromatic rings. The van der Waals surface area contributed by atoms with E-state index in [9.17, 15) is 8.96 Å². The van der Waals surface area contributed by atoms with E-state index in [-0.39, 0.29) is 11.7 Å². The molecular weight excluding hydrogens is 272 g/mol. The molecule has 0 aliphatic carbocycles. The quantitative estimate of drug-likeness (QED) is 0.789. The number of aryl methyl sites for hydroxylation is 1. The van der Waals surface area contributed by atoms with Crippen LogP contribution in [-0.2, 0) is 11.0 Å². The van der Waals surface area contributed by atoms with Gasteiger partial charge in [0.1, 0.15) is 13.0 Å². The van der Waals surface area contributed by atoms with Crippen LogP contribution in [0.2, 0.25) is 0 Å². The third-order valence-corrected chi connectivity index (χ3v) is 5.10. The highest BCUT2D eigenvalue weighted by atomic mass is 31.2. The van der Waals surface area contributed by atoms with Gasteiger partial charge >= 0.3 is 0 Å². The summed E-state index contributed by atoms with van der Waals surface area (Å²) in [6.45, 7) is 9.47. The van der Waals surface area contributed by atoms with Gasteiger partial charge in [-0.05, 0) is 43.4 Å². The van der Waals surface area contributed by atoms with Crippen LogP contribution in [-0.4, -0.2) is 18.3 Å². The Morgan fingerprint density at radius 1 is 1.30 bits per heavy atom. The summed E-state index contributed by atoms with van der Waals surface area (Å²) >= 11 is 0. The van der Waals surface area contributed by atoms with Gasteiger partial charge in [0.2, 0.25) is 0 Å². The zero-order chi connectivity index (χ0) is 15.1. The molecule has 0 aliphatic heterocycles. The van der Waals surface area contributed by atoms with Gasteiger partial charge in [-0.15, -0.1) is 0 Å². The Morgan fingerprint density at radius 2 is 1.95 bits per heavy atom. The summed E-state index contributed by atoms with van der Waals surface area (Å²) in [5.41, 5.74) is 2.21. The Morgan fingerprint density at radius 3 is 2.45 bits per heavy atom. The first-order chi connectivity index (χ1) is 9.25. The third kappa shape index (κ3) is 2.64. The van der Waals surface area contributed by atoms with Crippen LogP contribution < -0.4 is 5.30 Å². The molecule has 1 heterocycles. The largest absolute Gasteiger partial charge is 0.319 e. The molecule has 2 rings (SSSR count). The van der Waals surface area contributed by atoms with Crippen LogP contribution in [0.1, 0.15) is 37.9 Å². The Kier molecular flexibility index (Phi) is 4.02. The second-order valence-corrected chi connectivity index (χ2v) is 9.00. The lowest BCUT2D eigenvalue weighted by molar-refractivity contribution is 0.588. The van der Waals surface area contributed by atoms with E-state index in [1.165, 1.54) is 6.07 Å². The maximum atomic E-state index is 14.1. The summed E-state index contributed by atoms with van der Waals surface area (Å²) in [6, 6.07) is 5.39. The van der Waals surface area contributed by atoms with Crippen LogP contribution in [0.25, 0.3) is 10.9 Å². The molecule has 1 aromatic carbocycles. The number of halogens is 1. The highest BCUT2D eigenvalue weighted by molar-refractivity contribution is 7.70. The smallest absolute Gasteiger partial charge is 0.145 e. The topological polar surface area (TPSA) is 30.0 Å². The van der Waals surface area contributed by atoms with Crippen molar-refractivity contribution in [2.45, 2.75) is 33.1 Å². The van der Waals surface area contributed by atoms with Gasteiger partial charge in [0.15, 0.2) is 0 Å². The molecule has 1 aromatic heterocycles. The number of pyridine rings is 1. The Labute approximate surface area is 119 Å². The minimum absolute atomic E-state index is 0.247. The van der Waals surface area contributed by atoms with Gasteiger partial charge in [-0.25, -0.2) is 9.37 Å². The number of fused-ring (bicyclic) bond motifs is 1. The van der Waals surface area contributed by atoms with Crippen molar-refractivity contribution in [2.24, 2.45) is 0 Å². The van der Waals surface area contributed by atoms with Crippen LogP contribution in [0.3, 0.4) is 0 Å². The average molecular weight is 293 g/mol. The standard InChI is InChI=1S/C16H21FNOP/c1-6-14-13(17)9-12-15(18-14)8-7-11(10(2)3)16(12)20(4,5)19/h7-10H,6H2,1-5H3. The molecule has 0 aliphatic rings. The van der Waals surface area contributed by atoms with Crippen LogP contribution >= 0.6 is 7.14 Å². The fourth-order valence-electron chi connectivity index (χ4n) is 2.58. The first kappa shape index (κ1) is 15.2. The highest BCUT2D eigenvalue weighted by Gasteiger charge is 2.22. The van der Waals surface area contributed by atoms with Gasteiger partial charge in [0.05, 0.1) is 11.2 Å². The maximum Gasteiger partial charge on any atom is 0.145 e. The molecular formula is C16H21FNOP. The van der Waals surface area contributed by atoms with Gasteiger partial charge in [-0.1, -0.05) is 26.8 Å². The van der Waals surface area contributed by atoms with E-state index in [0.29, 0.717) is 17.5 Å². The molecule has 0 bridgehead atoms. The van der Waals surface area contributed by atoms with E-state index < -0.39 is 7.14 Å². The van der Waals surface area contributed by atoms with Crippen LogP contribution in [0.5, 0.6) is 0 Å². The average Bonchev–Trinajstić information content (AvgIpc) is 2.35. The molecule has 2 nitrogen and oxygen atoms in total. The molecule has 4 heteroatoms. The summed E-state index contributed by atoms with van der Waals surface area (Å²) in [5.74, 6) is -0.0628. The third-order valence-electron chi connectivity index (χ3n) is 3.52. The summed E-state index contributed by atoms with van der Waals surface area (Å²) < 4.78 is 26.7. The van der Waals surface area contributed by atoms with Crippen molar-refractivity contribution in [1.29, 1.82) is 0 Å². The molecule has 108 valence electrons. The lowest BCUT2D eigenvalue weighted by atomic mass is 10.0. The second kappa shape index (κ2) is 5.29. The van der Waals surface area contributed by atoms with Gasteiger partial charge in [0.25, 0.3) is 0 Å². The number of hydrogen-bond donors (Lipinski definition) is 0. The van der Waals surface area contributed by atoms with E-state index >= 15 is 0 Å². The first-order valence-corrected chi connectivity index (χ1v) is 9.53. The molecule has 0 unspecified atom stereocenters. The molecule has 0 amide bonds. The summed E-state index contributed by atoms with van der Waals surface area (Å²) in [5, 5.41) is 1.47. The van der Waals surface area contributed by atoms with Crippen LogP contribution in [0.15, 0.2) is 18.2 Å². The highest BCUT2D eigenvalue weighted by Crippen LogP contribution is 2.41. The predicted octanol–water partition coefficient (Wildman–Crippen LogP) is 4.31. The van der Waals surface area contributed by atoms with Gasteiger partial charge in [0, 0.05) is 10.7 Å². The minimum Gasteiger partial charge on any atom is -0.319 e. The number of aromatic nitrogens is 1. The van der Waals surface area contributed by atoms with Crippen LogP contribution in [0.4, 0.5) is 4.39 Å². The van der Waals surface area contributed by atoms with E-state index in [2.05, 4.69) is 18.8 Å². The summed E-state index contributed by atoms with van der Waals surface area (Å²) in [4.78, 5) is 4.37. The zero-order valence-electron chi connectivity index (χ0n) is 12.7. The zero-order valence-corrected chi connectivity index (χ0v) is 13.6. The van der Waals surface area contributed by atoms with Gasteiger partial charge in [-0.3, -0.25) is 0 Å². The van der Waals surface area contributed by atoms with Crippen molar-refractivity contribution < 1.29 is 8.96 Å². The Balaban J connectivity index is 2.91. The SMILES string of the molecule is CCc1nc2ccc(C(C)C)c(P(C)(C)=O)c2cc1F. The van der Waals surface area contributed by atoms with E-state index in [1.807, 2.05) is 19.1 Å². The van der Waals surface area contributed by atoms with Crippen molar-refractivity contribution in [3.8, 4) is 0 Å². The monoisotopic (exact) mass is 293 g/mol. The fraction of sp³-hybridized carbons (Fsp3) is 0.438. The molecule has 0 spiro atoms. The van der Waals surface area contributed by atoms with E-state index in [1.54, 1.807) is 13.3 Å². The molecule has 0 saturated heterocycles. The van der Waals surface area contributed by atoms with Crippen molar-refractivity contribution >= 4 is 23.3 Å². The Hall–Kier alpha value is -1.21. The van der Waals surface area contributed by atoms with Gasteiger partial charge < -0.3 is 4.57 Å². The number of hydrogen-bond acceptors (Lipinski definition) is 2. The molecule has 0 radical (unpaired) electrons. The minimum atomic E-state index is -2.51. The number of nitrogens with zero attached hydrogens (tertiary/aromatic N) is 1. The van der Waals surface area contributed by atoms with Crippen molar-refractivity contribution in [2.75, 3.05) is 13.3 Å². The van der Waals surface area contributed by atoms with Crippen molar-refractivity contribution in [1.82, 2.24) is 4.98 Å². The summed E-state index contributed by atoms with van der Waals surface area (Å²) in [6.07, 6.45) is 0.555. The van der Waals surface area contributed by atoms with Crippen molar-refractivity contribution in [3.63, 3.8) is 0 Å². The normalized spacial score (nSPS) is 12.3. The van der Waals surface area contributed by atoms with Crippen LogP contribution in [0, 0.1) is 5.82 Å².